The fourth-order valence-electron chi connectivity index (χ4n) is 1.27. The standard InChI is InChI=1S/C9H10BrN3O2S2/c1-13(6-8-11-4-5-12-8)17(14,15)9-3-2-7(10)16-9/h2-5H,6H2,1H3,(H,11,12). The van der Waals surface area contributed by atoms with Crippen molar-refractivity contribution in [3.05, 3.63) is 34.1 Å². The number of thiophene rings is 1. The first-order valence-electron chi connectivity index (χ1n) is 4.70. The molecule has 0 amide bonds. The molecule has 5 nitrogen and oxygen atoms in total. The van der Waals surface area contributed by atoms with Crippen LogP contribution in [0.1, 0.15) is 5.82 Å². The normalized spacial score (nSPS) is 12.2. The van der Waals surface area contributed by atoms with Crippen LogP contribution in [0.15, 0.2) is 32.5 Å². The Kier molecular flexibility index (Phi) is 3.67. The molecule has 0 aliphatic carbocycles. The van der Waals surface area contributed by atoms with Gasteiger partial charge in [0.2, 0.25) is 0 Å². The van der Waals surface area contributed by atoms with Gasteiger partial charge in [-0.3, -0.25) is 0 Å². The molecular weight excluding hydrogens is 326 g/mol. The van der Waals surface area contributed by atoms with E-state index in [1.807, 2.05) is 0 Å². The highest BCUT2D eigenvalue weighted by Gasteiger charge is 2.23. The molecule has 0 aromatic carbocycles. The molecule has 0 bridgehead atoms. The number of rotatable bonds is 4. The second kappa shape index (κ2) is 4.89. The van der Waals surface area contributed by atoms with Gasteiger partial charge in [-0.25, -0.2) is 13.4 Å². The van der Waals surface area contributed by atoms with E-state index in [1.165, 1.54) is 22.7 Å². The van der Waals surface area contributed by atoms with Gasteiger partial charge in [0, 0.05) is 19.4 Å². The molecule has 0 atom stereocenters. The van der Waals surface area contributed by atoms with Crippen LogP contribution in [0.3, 0.4) is 0 Å². The highest BCUT2D eigenvalue weighted by molar-refractivity contribution is 9.11. The molecule has 0 aliphatic rings. The Hall–Kier alpha value is -0.700. The number of hydrogen-bond donors (Lipinski definition) is 1. The number of imidazole rings is 1. The molecule has 2 aromatic heterocycles. The molecule has 2 rings (SSSR count). The highest BCUT2D eigenvalue weighted by Crippen LogP contribution is 2.28. The minimum atomic E-state index is -3.43. The van der Waals surface area contributed by atoms with Crippen LogP contribution in [-0.2, 0) is 16.6 Å². The molecule has 0 spiro atoms. The molecule has 0 radical (unpaired) electrons. The maximum atomic E-state index is 12.1. The van der Waals surface area contributed by atoms with Crippen molar-refractivity contribution >= 4 is 37.3 Å². The average molecular weight is 336 g/mol. The summed E-state index contributed by atoms with van der Waals surface area (Å²) >= 11 is 4.44. The van der Waals surface area contributed by atoms with E-state index >= 15 is 0 Å². The lowest BCUT2D eigenvalue weighted by Crippen LogP contribution is -2.26. The molecule has 0 unspecified atom stereocenters. The van der Waals surface area contributed by atoms with Crippen LogP contribution >= 0.6 is 27.3 Å². The van der Waals surface area contributed by atoms with Crippen LogP contribution in [0.4, 0.5) is 0 Å². The molecule has 92 valence electrons. The Bertz CT molecular complexity index is 592. The van der Waals surface area contributed by atoms with Crippen LogP contribution in [0, 0.1) is 0 Å². The lowest BCUT2D eigenvalue weighted by molar-refractivity contribution is 0.460. The number of H-pyrrole nitrogens is 1. The summed E-state index contributed by atoms with van der Waals surface area (Å²) in [6, 6.07) is 3.31. The first-order valence-corrected chi connectivity index (χ1v) is 7.75. The average Bonchev–Trinajstić information content (AvgIpc) is 2.89. The predicted molar refractivity (Wildman–Crippen MR) is 69.3 cm³/mol. The Balaban J connectivity index is 2.21. The summed E-state index contributed by atoms with van der Waals surface area (Å²) in [4.78, 5) is 6.87. The van der Waals surface area contributed by atoms with Crippen molar-refractivity contribution in [3.63, 3.8) is 0 Å². The Morgan fingerprint density at radius 2 is 2.29 bits per heavy atom. The van der Waals surface area contributed by atoms with E-state index in [0.717, 1.165) is 3.79 Å². The summed E-state index contributed by atoms with van der Waals surface area (Å²) in [6.07, 6.45) is 3.26. The summed E-state index contributed by atoms with van der Waals surface area (Å²) < 4.78 is 26.7. The van der Waals surface area contributed by atoms with E-state index in [2.05, 4.69) is 25.9 Å². The number of halogens is 1. The molecule has 0 aliphatic heterocycles. The van der Waals surface area contributed by atoms with Crippen LogP contribution in [0.5, 0.6) is 0 Å². The maximum Gasteiger partial charge on any atom is 0.252 e. The van der Waals surface area contributed by atoms with Crippen molar-refractivity contribution in [1.82, 2.24) is 14.3 Å². The van der Waals surface area contributed by atoms with Crippen LogP contribution < -0.4 is 0 Å². The monoisotopic (exact) mass is 335 g/mol. The van der Waals surface area contributed by atoms with Crippen LogP contribution in [0.2, 0.25) is 0 Å². The molecule has 0 saturated heterocycles. The Labute approximate surface area is 112 Å². The molecular formula is C9H10BrN3O2S2. The summed E-state index contributed by atoms with van der Waals surface area (Å²) in [5.41, 5.74) is 0. The second-order valence-corrected chi connectivity index (χ2v) is 8.09. The van der Waals surface area contributed by atoms with Gasteiger partial charge >= 0.3 is 0 Å². The largest absolute Gasteiger partial charge is 0.347 e. The van der Waals surface area contributed by atoms with Crippen molar-refractivity contribution < 1.29 is 8.42 Å². The predicted octanol–water partition coefficient (Wildman–Crippen LogP) is 2.05. The number of aromatic amines is 1. The van der Waals surface area contributed by atoms with Crippen molar-refractivity contribution in [2.45, 2.75) is 10.8 Å². The van der Waals surface area contributed by atoms with Crippen molar-refractivity contribution in [1.29, 1.82) is 0 Å². The smallest absolute Gasteiger partial charge is 0.252 e. The number of sulfonamides is 1. The van der Waals surface area contributed by atoms with Crippen molar-refractivity contribution in [2.75, 3.05) is 7.05 Å². The van der Waals surface area contributed by atoms with Gasteiger partial charge in [-0.2, -0.15) is 4.31 Å². The summed E-state index contributed by atoms with van der Waals surface area (Å²) in [7, 11) is -1.90. The molecule has 0 saturated carbocycles. The summed E-state index contributed by atoms with van der Waals surface area (Å²) in [5, 5.41) is 0. The number of nitrogens with one attached hydrogen (secondary N) is 1. The van der Waals surface area contributed by atoms with Gasteiger partial charge in [0.25, 0.3) is 10.0 Å². The number of hydrogen-bond acceptors (Lipinski definition) is 4. The molecule has 17 heavy (non-hydrogen) atoms. The van der Waals surface area contributed by atoms with Gasteiger partial charge in [-0.1, -0.05) is 0 Å². The molecule has 8 heteroatoms. The fourth-order valence-corrected chi connectivity index (χ4v) is 4.62. The summed E-state index contributed by atoms with van der Waals surface area (Å²) in [5.74, 6) is 0.617. The van der Waals surface area contributed by atoms with Crippen LogP contribution in [0.25, 0.3) is 0 Å². The fraction of sp³-hybridized carbons (Fsp3) is 0.222. The van der Waals surface area contributed by atoms with Crippen LogP contribution in [-0.4, -0.2) is 29.7 Å². The Morgan fingerprint density at radius 3 is 2.82 bits per heavy atom. The quantitative estimate of drug-likeness (QED) is 0.929. The molecule has 2 aromatic rings. The highest BCUT2D eigenvalue weighted by atomic mass is 79.9. The molecule has 0 fully saturated rings. The topological polar surface area (TPSA) is 66.1 Å². The van der Waals surface area contributed by atoms with Crippen molar-refractivity contribution in [2.24, 2.45) is 0 Å². The zero-order chi connectivity index (χ0) is 12.5. The van der Waals surface area contributed by atoms with Crippen molar-refractivity contribution in [3.8, 4) is 0 Å². The zero-order valence-corrected chi connectivity index (χ0v) is 12.1. The van der Waals surface area contributed by atoms with Gasteiger partial charge in [-0.05, 0) is 28.1 Å². The third-order valence-electron chi connectivity index (χ3n) is 2.14. The van der Waals surface area contributed by atoms with E-state index in [0.29, 0.717) is 10.0 Å². The number of aromatic nitrogens is 2. The van der Waals surface area contributed by atoms with Gasteiger partial charge in [-0.15, -0.1) is 11.3 Å². The minimum Gasteiger partial charge on any atom is -0.347 e. The van der Waals surface area contributed by atoms with Gasteiger partial charge in [0.05, 0.1) is 10.3 Å². The van der Waals surface area contributed by atoms with E-state index in [9.17, 15) is 8.42 Å². The Morgan fingerprint density at radius 1 is 1.53 bits per heavy atom. The maximum absolute atomic E-state index is 12.1. The molecule has 1 N–H and O–H groups in total. The van der Waals surface area contributed by atoms with Gasteiger partial charge in [0.15, 0.2) is 0 Å². The van der Waals surface area contributed by atoms with E-state index in [4.69, 9.17) is 0 Å². The zero-order valence-electron chi connectivity index (χ0n) is 8.92. The number of nitrogens with zero attached hydrogens (tertiary/aromatic N) is 2. The molecule has 2 heterocycles. The SMILES string of the molecule is CN(Cc1ncc[nH]1)S(=O)(=O)c1ccc(Br)s1. The third kappa shape index (κ3) is 2.76. The summed E-state index contributed by atoms with van der Waals surface area (Å²) in [6.45, 7) is 0.227. The van der Waals surface area contributed by atoms with E-state index < -0.39 is 10.0 Å². The third-order valence-corrected chi connectivity index (χ3v) is 6.03. The second-order valence-electron chi connectivity index (χ2n) is 3.36. The van der Waals surface area contributed by atoms with E-state index in [-0.39, 0.29) is 6.54 Å². The minimum absolute atomic E-state index is 0.227. The van der Waals surface area contributed by atoms with Gasteiger partial charge in [0.1, 0.15) is 10.0 Å². The first-order chi connectivity index (χ1) is 8.00. The lowest BCUT2D eigenvalue weighted by Gasteiger charge is -2.14. The van der Waals surface area contributed by atoms with E-state index in [1.54, 1.807) is 24.5 Å². The van der Waals surface area contributed by atoms with Gasteiger partial charge < -0.3 is 4.98 Å². The first kappa shape index (κ1) is 12.7. The lowest BCUT2D eigenvalue weighted by atomic mass is 10.6.